The smallest absolute Gasteiger partial charge is 0.141 e. The second-order valence-electron chi connectivity index (χ2n) is 5.42. The van der Waals surface area contributed by atoms with E-state index < -0.39 is 5.82 Å². The van der Waals surface area contributed by atoms with Crippen molar-refractivity contribution in [2.24, 2.45) is 5.92 Å². The van der Waals surface area contributed by atoms with Gasteiger partial charge in [0.25, 0.3) is 0 Å². The van der Waals surface area contributed by atoms with Crippen LogP contribution in [0.4, 0.5) is 4.39 Å². The van der Waals surface area contributed by atoms with E-state index in [-0.39, 0.29) is 12.0 Å². The number of hydrogen-bond donors (Lipinski definition) is 1. The fourth-order valence-corrected chi connectivity index (χ4v) is 3.27. The lowest BCUT2D eigenvalue weighted by molar-refractivity contribution is 0.144. The summed E-state index contributed by atoms with van der Waals surface area (Å²) in [6.45, 7) is 1.67. The molecule has 122 valence electrons. The number of nitrogens with one attached hydrogen (secondary N) is 1. The van der Waals surface area contributed by atoms with Crippen LogP contribution in [0.2, 0.25) is 15.1 Å². The van der Waals surface area contributed by atoms with Gasteiger partial charge in [-0.05, 0) is 25.1 Å². The van der Waals surface area contributed by atoms with Gasteiger partial charge in [0.2, 0.25) is 0 Å². The van der Waals surface area contributed by atoms with Crippen LogP contribution in [0.3, 0.4) is 0 Å². The molecule has 2 aromatic rings. The summed E-state index contributed by atoms with van der Waals surface area (Å²) < 4.78 is 19.6. The van der Waals surface area contributed by atoms with Gasteiger partial charge in [0.05, 0.1) is 21.3 Å². The van der Waals surface area contributed by atoms with Gasteiger partial charge in [-0.2, -0.15) is 0 Å². The Morgan fingerprint density at radius 1 is 1.13 bits per heavy atom. The first kappa shape index (κ1) is 16.8. The zero-order valence-electron chi connectivity index (χ0n) is 12.0. The summed E-state index contributed by atoms with van der Waals surface area (Å²) in [6.07, 6.45) is 3.32. The topological polar surface area (TPSA) is 34.1 Å². The number of pyridine rings is 1. The van der Waals surface area contributed by atoms with E-state index in [0.29, 0.717) is 26.4 Å². The third-order valence-electron chi connectivity index (χ3n) is 3.81. The number of aromatic nitrogens is 1. The van der Waals surface area contributed by atoms with Gasteiger partial charge in [-0.1, -0.05) is 34.8 Å². The van der Waals surface area contributed by atoms with Crippen molar-refractivity contribution >= 4 is 34.8 Å². The molecule has 1 aliphatic rings. The molecule has 1 N–H and O–H groups in total. The fourth-order valence-electron chi connectivity index (χ4n) is 2.69. The summed E-state index contributed by atoms with van der Waals surface area (Å²) in [6, 6.07) is 4.55. The highest BCUT2D eigenvalue weighted by molar-refractivity contribution is 6.43. The molecule has 2 heterocycles. The van der Waals surface area contributed by atoms with Crippen LogP contribution in [0.15, 0.2) is 30.6 Å². The van der Waals surface area contributed by atoms with E-state index in [1.165, 1.54) is 18.3 Å². The van der Waals surface area contributed by atoms with Gasteiger partial charge in [0.15, 0.2) is 0 Å². The molecular weight excluding hydrogens is 362 g/mol. The average Bonchev–Trinajstić information content (AvgIpc) is 3.03. The second kappa shape index (κ2) is 7.22. The zero-order valence-corrected chi connectivity index (χ0v) is 14.3. The van der Waals surface area contributed by atoms with Crippen LogP contribution in [0.5, 0.6) is 5.75 Å². The molecule has 0 saturated carbocycles. The maximum Gasteiger partial charge on any atom is 0.141 e. The molecule has 0 aliphatic carbocycles. The van der Waals surface area contributed by atoms with Crippen LogP contribution in [0.1, 0.15) is 18.1 Å². The Labute approximate surface area is 148 Å². The normalized spacial score (nSPS) is 18.9. The van der Waals surface area contributed by atoms with Crippen molar-refractivity contribution < 1.29 is 9.13 Å². The Bertz CT molecular complexity index is 708. The van der Waals surface area contributed by atoms with Crippen molar-refractivity contribution in [2.75, 3.05) is 13.1 Å². The van der Waals surface area contributed by atoms with Gasteiger partial charge < -0.3 is 10.1 Å². The summed E-state index contributed by atoms with van der Waals surface area (Å²) in [5.41, 5.74) is 0.667. The molecule has 1 aromatic carbocycles. The summed E-state index contributed by atoms with van der Waals surface area (Å²) in [4.78, 5) is 3.92. The highest BCUT2D eigenvalue weighted by Crippen LogP contribution is 2.39. The summed E-state index contributed by atoms with van der Waals surface area (Å²) in [5.74, 6) is 0.202. The molecule has 2 atom stereocenters. The number of rotatable bonds is 4. The molecule has 1 aromatic heterocycles. The Kier molecular flexibility index (Phi) is 5.27. The van der Waals surface area contributed by atoms with Crippen LogP contribution >= 0.6 is 34.8 Å². The lowest BCUT2D eigenvalue weighted by Crippen LogP contribution is -2.22. The Morgan fingerprint density at radius 2 is 1.91 bits per heavy atom. The van der Waals surface area contributed by atoms with Gasteiger partial charge in [-0.25, -0.2) is 4.39 Å². The van der Waals surface area contributed by atoms with Crippen LogP contribution in [-0.2, 0) is 0 Å². The van der Waals surface area contributed by atoms with E-state index >= 15 is 0 Å². The first-order chi connectivity index (χ1) is 11.0. The van der Waals surface area contributed by atoms with Gasteiger partial charge in [0, 0.05) is 30.3 Å². The predicted molar refractivity (Wildman–Crippen MR) is 90.0 cm³/mol. The second-order valence-corrected chi connectivity index (χ2v) is 6.65. The molecule has 7 heteroatoms. The molecule has 1 saturated heterocycles. The van der Waals surface area contributed by atoms with Crippen molar-refractivity contribution in [3.63, 3.8) is 0 Å². The van der Waals surface area contributed by atoms with Crippen LogP contribution < -0.4 is 10.1 Å². The summed E-state index contributed by atoms with van der Waals surface area (Å²) >= 11 is 18.2. The summed E-state index contributed by atoms with van der Waals surface area (Å²) in [7, 11) is 0. The van der Waals surface area contributed by atoms with Gasteiger partial charge >= 0.3 is 0 Å². The molecule has 0 bridgehead atoms. The highest BCUT2D eigenvalue weighted by atomic mass is 35.5. The third-order valence-corrected chi connectivity index (χ3v) is 4.83. The Balaban J connectivity index is 1.94. The summed E-state index contributed by atoms with van der Waals surface area (Å²) in [5, 5.41) is 4.36. The lowest BCUT2D eigenvalue weighted by Gasteiger charge is -2.25. The van der Waals surface area contributed by atoms with E-state index in [1.807, 2.05) is 0 Å². The zero-order chi connectivity index (χ0) is 16.4. The van der Waals surface area contributed by atoms with Gasteiger partial charge in [-0.15, -0.1) is 0 Å². The third kappa shape index (κ3) is 3.89. The number of halogens is 4. The molecule has 0 spiro atoms. The molecule has 3 rings (SSSR count). The monoisotopic (exact) mass is 374 g/mol. The minimum Gasteiger partial charge on any atom is -0.484 e. The van der Waals surface area contributed by atoms with Crippen LogP contribution in [0, 0.1) is 11.7 Å². The lowest BCUT2D eigenvalue weighted by atomic mass is 9.96. The number of nitrogens with zero attached hydrogens (tertiary/aromatic N) is 1. The van der Waals surface area contributed by atoms with Crippen molar-refractivity contribution in [2.45, 2.75) is 12.5 Å². The highest BCUT2D eigenvalue weighted by Gasteiger charge is 2.29. The molecule has 1 fully saturated rings. The largest absolute Gasteiger partial charge is 0.484 e. The molecular formula is C16H14Cl3FN2O. The SMILES string of the molecule is Fc1cncc(C(Oc2cc(Cl)c(Cl)cc2Cl)C2CCNC2)c1. The fraction of sp³-hybridized carbons (Fsp3) is 0.312. The molecule has 2 unspecified atom stereocenters. The van der Waals surface area contributed by atoms with Crippen molar-refractivity contribution in [3.8, 4) is 5.75 Å². The first-order valence-electron chi connectivity index (χ1n) is 7.17. The minimum atomic E-state index is -0.401. The Hall–Kier alpha value is -1.07. The maximum absolute atomic E-state index is 13.6. The molecule has 0 radical (unpaired) electrons. The predicted octanol–water partition coefficient (Wildman–Crippen LogP) is 4.91. The first-order valence-corrected chi connectivity index (χ1v) is 8.30. The van der Waals surface area contributed by atoms with E-state index in [4.69, 9.17) is 39.5 Å². The number of hydrogen-bond acceptors (Lipinski definition) is 3. The van der Waals surface area contributed by atoms with E-state index in [1.54, 1.807) is 12.3 Å². The van der Waals surface area contributed by atoms with Crippen LogP contribution in [0.25, 0.3) is 0 Å². The number of benzene rings is 1. The Morgan fingerprint density at radius 3 is 2.61 bits per heavy atom. The van der Waals surface area contributed by atoms with Crippen molar-refractivity contribution in [1.29, 1.82) is 0 Å². The van der Waals surface area contributed by atoms with Gasteiger partial charge in [0.1, 0.15) is 17.7 Å². The molecule has 0 amide bonds. The maximum atomic E-state index is 13.6. The van der Waals surface area contributed by atoms with E-state index in [9.17, 15) is 4.39 Å². The average molecular weight is 376 g/mol. The molecule has 23 heavy (non-hydrogen) atoms. The van der Waals surface area contributed by atoms with Crippen molar-refractivity contribution in [3.05, 3.63) is 57.0 Å². The van der Waals surface area contributed by atoms with Crippen LogP contribution in [-0.4, -0.2) is 18.1 Å². The standard InChI is InChI=1S/C16H14Cl3FN2O/c17-12-4-14(19)15(5-13(12)18)23-16(9-1-2-21-6-9)10-3-11(20)8-22-7-10/h3-5,7-9,16,21H,1-2,6H2. The van der Waals surface area contributed by atoms with Gasteiger partial charge in [-0.3, -0.25) is 4.98 Å². The molecule has 3 nitrogen and oxygen atoms in total. The minimum absolute atomic E-state index is 0.184. The van der Waals surface area contributed by atoms with E-state index in [0.717, 1.165) is 19.5 Å². The van der Waals surface area contributed by atoms with E-state index in [2.05, 4.69) is 10.3 Å². The number of ether oxygens (including phenoxy) is 1. The molecule has 1 aliphatic heterocycles. The quantitative estimate of drug-likeness (QED) is 0.771. The van der Waals surface area contributed by atoms with Crippen molar-refractivity contribution in [1.82, 2.24) is 10.3 Å².